The fraction of sp³-hybridized carbons (Fsp3) is 0.667. The Morgan fingerprint density at radius 1 is 1.14 bits per heavy atom. The molecule has 1 saturated carbocycles. The second-order valence-electron chi connectivity index (χ2n) is 6.77. The fourth-order valence-electron chi connectivity index (χ4n) is 4.00. The van der Waals surface area contributed by atoms with E-state index in [2.05, 4.69) is 31.9 Å². The molecular weight excluding hydrogens is 262 g/mol. The maximum absolute atomic E-state index is 10.9. The summed E-state index contributed by atoms with van der Waals surface area (Å²) in [5.74, 6) is 0.869. The lowest BCUT2D eigenvalue weighted by molar-refractivity contribution is -0.0103. The van der Waals surface area contributed by atoms with Crippen LogP contribution >= 0.6 is 0 Å². The zero-order valence-electron chi connectivity index (χ0n) is 13.4. The minimum absolute atomic E-state index is 0.0713. The minimum atomic E-state index is -0.443. The molecule has 0 radical (unpaired) electrons. The van der Waals surface area contributed by atoms with Crippen molar-refractivity contribution in [1.82, 2.24) is 4.90 Å². The first kappa shape index (κ1) is 14.9. The third-order valence-electron chi connectivity index (χ3n) is 5.24. The van der Waals surface area contributed by atoms with Crippen molar-refractivity contribution in [2.45, 2.75) is 64.1 Å². The quantitative estimate of drug-likeness (QED) is 0.906. The van der Waals surface area contributed by atoms with Crippen molar-refractivity contribution in [2.75, 3.05) is 13.7 Å². The molecule has 0 spiro atoms. The van der Waals surface area contributed by atoms with Crippen molar-refractivity contribution in [3.05, 3.63) is 28.8 Å². The van der Waals surface area contributed by atoms with Crippen LogP contribution in [0.15, 0.2) is 12.1 Å². The molecule has 0 aromatic heterocycles. The number of nitrogens with zero attached hydrogens (tertiary/aromatic N) is 1. The number of aryl methyl sites for hydroxylation is 2. The van der Waals surface area contributed by atoms with Crippen LogP contribution in [0, 0.1) is 13.8 Å². The maximum Gasteiger partial charge on any atom is 0.125 e. The predicted octanol–water partition coefficient (Wildman–Crippen LogP) is 3.36. The summed E-state index contributed by atoms with van der Waals surface area (Å²) in [4.78, 5) is 2.37. The van der Waals surface area contributed by atoms with E-state index in [-0.39, 0.29) is 6.04 Å². The van der Waals surface area contributed by atoms with E-state index in [1.807, 2.05) is 6.07 Å². The Morgan fingerprint density at radius 2 is 1.86 bits per heavy atom. The Bertz CT molecular complexity index is 508. The van der Waals surface area contributed by atoms with Gasteiger partial charge < -0.3 is 9.84 Å². The van der Waals surface area contributed by atoms with E-state index >= 15 is 0 Å². The zero-order valence-corrected chi connectivity index (χ0v) is 13.4. The normalized spacial score (nSPS) is 26.5. The first-order valence-corrected chi connectivity index (χ1v) is 8.22. The number of aliphatic hydroxyl groups excluding tert-OH is 1. The third-order valence-corrected chi connectivity index (χ3v) is 5.24. The molecule has 2 unspecified atom stereocenters. The Kier molecular flexibility index (Phi) is 4.23. The van der Waals surface area contributed by atoms with Crippen molar-refractivity contribution < 1.29 is 9.84 Å². The second-order valence-corrected chi connectivity index (χ2v) is 6.77. The van der Waals surface area contributed by atoms with Crippen LogP contribution in [0.25, 0.3) is 0 Å². The molecule has 2 aliphatic rings. The maximum atomic E-state index is 10.9. The number of rotatable bonds is 2. The number of benzene rings is 1. The second kappa shape index (κ2) is 5.98. The van der Waals surface area contributed by atoms with Gasteiger partial charge in [0.05, 0.1) is 6.04 Å². The van der Waals surface area contributed by atoms with Gasteiger partial charge in [0.15, 0.2) is 0 Å². The van der Waals surface area contributed by atoms with E-state index < -0.39 is 6.10 Å². The Balaban J connectivity index is 1.83. The predicted molar refractivity (Wildman–Crippen MR) is 84.8 cm³/mol. The van der Waals surface area contributed by atoms with Gasteiger partial charge in [-0.2, -0.15) is 0 Å². The number of hydrogen-bond donors (Lipinski definition) is 1. The number of likely N-dealkylation sites (N-methyl/N-ethyl adjacent to an activating group) is 1. The van der Waals surface area contributed by atoms with Gasteiger partial charge >= 0.3 is 0 Å². The lowest BCUT2D eigenvalue weighted by Crippen LogP contribution is -2.49. The van der Waals surface area contributed by atoms with Crippen LogP contribution in [0.3, 0.4) is 0 Å². The van der Waals surface area contributed by atoms with Gasteiger partial charge in [0.1, 0.15) is 18.5 Å². The van der Waals surface area contributed by atoms with Gasteiger partial charge in [0.25, 0.3) is 0 Å². The molecule has 3 rings (SSSR count). The summed E-state index contributed by atoms with van der Waals surface area (Å²) in [6.07, 6.45) is 6.04. The van der Waals surface area contributed by atoms with Crippen LogP contribution in [0.2, 0.25) is 0 Å². The van der Waals surface area contributed by atoms with Gasteiger partial charge in [0.2, 0.25) is 0 Å². The Hall–Kier alpha value is -1.06. The molecule has 1 N–H and O–H groups in total. The number of ether oxygens (including phenoxy) is 1. The molecule has 1 heterocycles. The van der Waals surface area contributed by atoms with E-state index in [0.717, 1.165) is 16.9 Å². The molecule has 1 aliphatic heterocycles. The highest BCUT2D eigenvalue weighted by Gasteiger charge is 2.36. The minimum Gasteiger partial charge on any atom is -0.491 e. The van der Waals surface area contributed by atoms with Crippen LogP contribution in [-0.4, -0.2) is 35.7 Å². The van der Waals surface area contributed by atoms with Crippen LogP contribution in [-0.2, 0) is 0 Å². The van der Waals surface area contributed by atoms with Gasteiger partial charge in [0, 0.05) is 11.6 Å². The summed E-state index contributed by atoms with van der Waals surface area (Å²) in [6.45, 7) is 4.73. The van der Waals surface area contributed by atoms with Gasteiger partial charge in [-0.25, -0.2) is 0 Å². The largest absolute Gasteiger partial charge is 0.491 e. The van der Waals surface area contributed by atoms with Gasteiger partial charge in [-0.3, -0.25) is 4.90 Å². The highest BCUT2D eigenvalue weighted by molar-refractivity contribution is 5.46. The highest BCUT2D eigenvalue weighted by atomic mass is 16.5. The van der Waals surface area contributed by atoms with Gasteiger partial charge in [-0.15, -0.1) is 0 Å². The van der Waals surface area contributed by atoms with E-state index in [0.29, 0.717) is 12.6 Å². The van der Waals surface area contributed by atoms with Crippen LogP contribution in [0.4, 0.5) is 0 Å². The summed E-state index contributed by atoms with van der Waals surface area (Å²) in [5, 5.41) is 10.9. The summed E-state index contributed by atoms with van der Waals surface area (Å²) < 4.78 is 5.98. The smallest absolute Gasteiger partial charge is 0.125 e. The van der Waals surface area contributed by atoms with Crippen LogP contribution in [0.1, 0.15) is 54.9 Å². The van der Waals surface area contributed by atoms with Crippen molar-refractivity contribution >= 4 is 0 Å². The molecular formula is C18H27NO2. The lowest BCUT2D eigenvalue weighted by Gasteiger charge is -2.42. The molecule has 1 fully saturated rings. The molecule has 116 valence electrons. The monoisotopic (exact) mass is 289 g/mol. The van der Waals surface area contributed by atoms with Crippen molar-refractivity contribution in [3.8, 4) is 5.75 Å². The molecule has 3 nitrogen and oxygen atoms in total. The molecule has 1 aromatic carbocycles. The molecule has 2 atom stereocenters. The third kappa shape index (κ3) is 2.82. The van der Waals surface area contributed by atoms with E-state index in [1.165, 1.54) is 37.7 Å². The standard InChI is InChI=1S/C18H27NO2/c1-12-9-13(2)17-16(10-12)21-11-15(18(17)20)19(3)14-7-5-4-6-8-14/h9-10,14-15,18,20H,4-8,11H2,1-3H3. The molecule has 0 amide bonds. The van der Waals surface area contributed by atoms with E-state index in [4.69, 9.17) is 4.74 Å². The molecule has 1 aliphatic carbocycles. The van der Waals surface area contributed by atoms with Crippen LogP contribution < -0.4 is 4.74 Å². The summed E-state index contributed by atoms with van der Waals surface area (Å²) in [7, 11) is 2.15. The molecule has 3 heteroatoms. The molecule has 0 bridgehead atoms. The summed E-state index contributed by atoms with van der Waals surface area (Å²) in [5.41, 5.74) is 3.32. The Morgan fingerprint density at radius 3 is 2.57 bits per heavy atom. The number of fused-ring (bicyclic) bond motifs is 1. The highest BCUT2D eigenvalue weighted by Crippen LogP contribution is 2.38. The van der Waals surface area contributed by atoms with Crippen LogP contribution in [0.5, 0.6) is 5.75 Å². The van der Waals surface area contributed by atoms with Gasteiger partial charge in [-0.05, 0) is 50.9 Å². The van der Waals surface area contributed by atoms with E-state index in [1.54, 1.807) is 0 Å². The van der Waals surface area contributed by atoms with Crippen molar-refractivity contribution in [1.29, 1.82) is 0 Å². The average molecular weight is 289 g/mol. The number of hydrogen-bond acceptors (Lipinski definition) is 3. The number of aliphatic hydroxyl groups is 1. The molecule has 0 saturated heterocycles. The van der Waals surface area contributed by atoms with Gasteiger partial charge in [-0.1, -0.05) is 25.3 Å². The Labute approximate surface area is 127 Å². The zero-order chi connectivity index (χ0) is 15.0. The van der Waals surface area contributed by atoms with Crippen molar-refractivity contribution in [2.24, 2.45) is 0 Å². The average Bonchev–Trinajstić information content (AvgIpc) is 2.47. The molecule has 1 aromatic rings. The summed E-state index contributed by atoms with van der Waals surface area (Å²) >= 11 is 0. The van der Waals surface area contributed by atoms with Crippen molar-refractivity contribution in [3.63, 3.8) is 0 Å². The first-order chi connectivity index (χ1) is 10.1. The molecule has 21 heavy (non-hydrogen) atoms. The SMILES string of the molecule is Cc1cc(C)c2c(c1)OCC(N(C)C1CCCCC1)C2O. The summed E-state index contributed by atoms with van der Waals surface area (Å²) in [6, 6.07) is 4.84. The topological polar surface area (TPSA) is 32.7 Å². The first-order valence-electron chi connectivity index (χ1n) is 8.22. The lowest BCUT2D eigenvalue weighted by atomic mass is 9.89. The van der Waals surface area contributed by atoms with E-state index in [9.17, 15) is 5.11 Å². The fourth-order valence-corrected chi connectivity index (χ4v) is 4.00.